The number of rotatable bonds is 9. The van der Waals surface area contributed by atoms with Crippen LogP contribution in [-0.4, -0.2) is 34.5 Å². The van der Waals surface area contributed by atoms with Gasteiger partial charge >= 0.3 is 5.97 Å². The number of fused-ring (bicyclic) bond motifs is 1. The Kier molecular flexibility index (Phi) is 8.76. The molecule has 2 rings (SSSR count). The molecule has 2 aliphatic rings. The van der Waals surface area contributed by atoms with E-state index in [2.05, 4.69) is 32.1 Å². The quantitative estimate of drug-likeness (QED) is 0.561. The predicted molar refractivity (Wildman–Crippen MR) is 113 cm³/mol. The van der Waals surface area contributed by atoms with Gasteiger partial charge < -0.3 is 14.9 Å². The summed E-state index contributed by atoms with van der Waals surface area (Å²) in [4.78, 5) is 12.5. The van der Waals surface area contributed by atoms with Crippen molar-refractivity contribution in [3.63, 3.8) is 0 Å². The molecular formula is C24H40O4. The van der Waals surface area contributed by atoms with Crippen LogP contribution in [0, 0.1) is 29.6 Å². The molecule has 0 aromatic heterocycles. The molecule has 0 amide bonds. The minimum Gasteiger partial charge on any atom is -0.461 e. The van der Waals surface area contributed by atoms with Crippen molar-refractivity contribution in [2.45, 2.75) is 91.5 Å². The summed E-state index contributed by atoms with van der Waals surface area (Å²) in [5.74, 6) is 1.15. The molecule has 0 aliphatic heterocycles. The third kappa shape index (κ3) is 5.93. The fraction of sp³-hybridized carbons (Fsp3) is 0.792. The summed E-state index contributed by atoms with van der Waals surface area (Å²) in [5, 5.41) is 20.2. The minimum atomic E-state index is -0.482. The molecule has 0 saturated carbocycles. The Bertz CT molecular complexity index is 567. The van der Waals surface area contributed by atoms with Gasteiger partial charge in [-0.15, -0.1) is 0 Å². The average Bonchev–Trinajstić information content (AvgIpc) is 2.66. The standard InChI is InChI=1S/C24H40O4/c1-6-16(4)24(27)28-22-13-15(3)12-18-9-8-17(5)21(23(18)22)11-10-20(26)14-19(25)7-2/h8-9,12,15-17,19-23,25-26H,6-7,10-11,13-14H2,1-5H3. The molecule has 160 valence electrons. The summed E-state index contributed by atoms with van der Waals surface area (Å²) in [6, 6.07) is 0. The summed E-state index contributed by atoms with van der Waals surface area (Å²) in [7, 11) is 0. The monoisotopic (exact) mass is 392 g/mol. The van der Waals surface area contributed by atoms with E-state index in [-0.39, 0.29) is 23.9 Å². The molecule has 4 nitrogen and oxygen atoms in total. The van der Waals surface area contributed by atoms with Crippen LogP contribution < -0.4 is 0 Å². The highest BCUT2D eigenvalue weighted by Crippen LogP contribution is 2.45. The number of allylic oxidation sites excluding steroid dienone is 3. The summed E-state index contributed by atoms with van der Waals surface area (Å²) >= 11 is 0. The highest BCUT2D eigenvalue weighted by atomic mass is 16.5. The van der Waals surface area contributed by atoms with Gasteiger partial charge in [0.25, 0.3) is 0 Å². The Labute approximate surface area is 171 Å². The van der Waals surface area contributed by atoms with Crippen LogP contribution >= 0.6 is 0 Å². The summed E-state index contributed by atoms with van der Waals surface area (Å²) < 4.78 is 6.04. The maximum Gasteiger partial charge on any atom is 0.308 e. The number of aliphatic hydroxyl groups excluding tert-OH is 2. The van der Waals surface area contributed by atoms with Crippen molar-refractivity contribution in [1.29, 1.82) is 0 Å². The number of aliphatic hydroxyl groups is 2. The van der Waals surface area contributed by atoms with E-state index >= 15 is 0 Å². The Morgan fingerprint density at radius 1 is 1.21 bits per heavy atom. The van der Waals surface area contributed by atoms with Gasteiger partial charge in [-0.25, -0.2) is 0 Å². The number of hydrogen-bond acceptors (Lipinski definition) is 4. The fourth-order valence-electron chi connectivity index (χ4n) is 4.64. The molecule has 0 radical (unpaired) electrons. The van der Waals surface area contributed by atoms with Gasteiger partial charge in [-0.3, -0.25) is 4.79 Å². The second-order valence-electron chi connectivity index (χ2n) is 9.10. The van der Waals surface area contributed by atoms with Crippen LogP contribution in [0.25, 0.3) is 0 Å². The first-order chi connectivity index (χ1) is 13.3. The van der Waals surface area contributed by atoms with Crippen molar-refractivity contribution in [2.24, 2.45) is 29.6 Å². The first-order valence-corrected chi connectivity index (χ1v) is 11.2. The van der Waals surface area contributed by atoms with Crippen LogP contribution in [0.4, 0.5) is 0 Å². The normalized spacial score (nSPS) is 32.8. The fourth-order valence-corrected chi connectivity index (χ4v) is 4.64. The maximum absolute atomic E-state index is 12.5. The number of ether oxygens (including phenoxy) is 1. The smallest absolute Gasteiger partial charge is 0.308 e. The molecule has 0 heterocycles. The molecule has 0 bridgehead atoms. The number of hydrogen-bond donors (Lipinski definition) is 2. The zero-order valence-electron chi connectivity index (χ0n) is 18.3. The van der Waals surface area contributed by atoms with Crippen LogP contribution in [0.2, 0.25) is 0 Å². The van der Waals surface area contributed by atoms with Crippen molar-refractivity contribution in [3.8, 4) is 0 Å². The molecule has 2 N–H and O–H groups in total. The van der Waals surface area contributed by atoms with Crippen molar-refractivity contribution >= 4 is 5.97 Å². The van der Waals surface area contributed by atoms with E-state index in [1.165, 1.54) is 5.57 Å². The Hall–Kier alpha value is -1.13. The van der Waals surface area contributed by atoms with Gasteiger partial charge in [0.1, 0.15) is 6.10 Å². The Morgan fingerprint density at radius 3 is 2.57 bits per heavy atom. The topological polar surface area (TPSA) is 66.8 Å². The van der Waals surface area contributed by atoms with Gasteiger partial charge in [0.05, 0.1) is 18.1 Å². The van der Waals surface area contributed by atoms with E-state index < -0.39 is 12.2 Å². The molecule has 0 saturated heterocycles. The lowest BCUT2D eigenvalue weighted by Gasteiger charge is -2.43. The van der Waals surface area contributed by atoms with Gasteiger partial charge in [0.15, 0.2) is 0 Å². The van der Waals surface area contributed by atoms with E-state index in [0.717, 1.165) is 19.3 Å². The zero-order valence-corrected chi connectivity index (χ0v) is 18.3. The lowest BCUT2D eigenvalue weighted by atomic mass is 9.65. The van der Waals surface area contributed by atoms with Crippen LogP contribution in [0.5, 0.6) is 0 Å². The first kappa shape index (κ1) is 23.2. The zero-order chi connectivity index (χ0) is 20.8. The lowest BCUT2D eigenvalue weighted by Crippen LogP contribution is -2.41. The van der Waals surface area contributed by atoms with Crippen molar-refractivity contribution < 1.29 is 19.7 Å². The van der Waals surface area contributed by atoms with Gasteiger partial charge in [-0.05, 0) is 61.9 Å². The second-order valence-corrected chi connectivity index (χ2v) is 9.10. The van der Waals surface area contributed by atoms with E-state index in [9.17, 15) is 15.0 Å². The van der Waals surface area contributed by atoms with Gasteiger partial charge in [0.2, 0.25) is 0 Å². The van der Waals surface area contributed by atoms with E-state index in [4.69, 9.17) is 4.74 Å². The van der Waals surface area contributed by atoms with E-state index in [1.807, 2.05) is 20.8 Å². The summed E-state index contributed by atoms with van der Waals surface area (Å²) in [5.41, 5.74) is 1.28. The predicted octanol–water partition coefficient (Wildman–Crippen LogP) is 4.65. The largest absolute Gasteiger partial charge is 0.461 e. The van der Waals surface area contributed by atoms with Crippen molar-refractivity contribution in [1.82, 2.24) is 0 Å². The van der Waals surface area contributed by atoms with Crippen molar-refractivity contribution in [2.75, 3.05) is 0 Å². The molecule has 8 atom stereocenters. The molecule has 28 heavy (non-hydrogen) atoms. The average molecular weight is 393 g/mol. The van der Waals surface area contributed by atoms with E-state index in [1.54, 1.807) is 0 Å². The lowest BCUT2D eigenvalue weighted by molar-refractivity contribution is -0.158. The molecule has 2 aliphatic carbocycles. The van der Waals surface area contributed by atoms with Crippen molar-refractivity contribution in [3.05, 3.63) is 23.8 Å². The van der Waals surface area contributed by atoms with E-state index in [0.29, 0.717) is 37.0 Å². The van der Waals surface area contributed by atoms with Crippen LogP contribution in [-0.2, 0) is 9.53 Å². The summed E-state index contributed by atoms with van der Waals surface area (Å²) in [6.07, 6.45) is 10.1. The Balaban J connectivity index is 2.13. The number of esters is 1. The molecule has 0 aromatic rings. The molecular weight excluding hydrogens is 352 g/mol. The third-order valence-corrected chi connectivity index (χ3v) is 6.73. The molecule has 8 unspecified atom stereocenters. The highest BCUT2D eigenvalue weighted by Gasteiger charge is 2.41. The SMILES string of the molecule is CCC(O)CC(O)CCC1C(C)C=CC2=CC(C)CC(OC(=O)C(C)CC)C21. The second kappa shape index (κ2) is 10.6. The first-order valence-electron chi connectivity index (χ1n) is 11.2. The molecule has 0 aromatic carbocycles. The minimum absolute atomic E-state index is 0.0722. The van der Waals surface area contributed by atoms with Crippen LogP contribution in [0.1, 0.15) is 73.1 Å². The van der Waals surface area contributed by atoms with Gasteiger partial charge in [-0.2, -0.15) is 0 Å². The molecule has 0 fully saturated rings. The molecule has 4 heteroatoms. The molecule has 0 spiro atoms. The van der Waals surface area contributed by atoms with Gasteiger partial charge in [0, 0.05) is 5.92 Å². The maximum atomic E-state index is 12.5. The number of carbonyl (C=O) groups excluding carboxylic acids is 1. The summed E-state index contributed by atoms with van der Waals surface area (Å²) in [6.45, 7) is 10.3. The Morgan fingerprint density at radius 2 is 1.93 bits per heavy atom. The van der Waals surface area contributed by atoms with Gasteiger partial charge in [-0.1, -0.05) is 52.8 Å². The van der Waals surface area contributed by atoms with Crippen LogP contribution in [0.15, 0.2) is 23.8 Å². The highest BCUT2D eigenvalue weighted by molar-refractivity contribution is 5.72. The van der Waals surface area contributed by atoms with Crippen LogP contribution in [0.3, 0.4) is 0 Å². The third-order valence-electron chi connectivity index (χ3n) is 6.73. The number of carbonyl (C=O) groups is 1.